The summed E-state index contributed by atoms with van der Waals surface area (Å²) in [6, 6.07) is 16.3. The fourth-order valence-electron chi connectivity index (χ4n) is 3.34. The van der Waals surface area contributed by atoms with Crippen LogP contribution in [0, 0.1) is 6.92 Å². The summed E-state index contributed by atoms with van der Waals surface area (Å²) in [5.41, 5.74) is 1.35. The lowest BCUT2D eigenvalue weighted by Gasteiger charge is -2.15. The molecule has 2 amide bonds. The average molecular weight is 563 g/mol. The molecule has 3 aromatic carbocycles. The number of anilines is 2. The van der Waals surface area contributed by atoms with E-state index in [0.717, 1.165) is 17.7 Å². The summed E-state index contributed by atoms with van der Waals surface area (Å²) in [6.07, 6.45) is -2.81. The molecule has 1 aliphatic heterocycles. The van der Waals surface area contributed by atoms with Gasteiger partial charge in [-0.3, -0.25) is 14.5 Å². The lowest BCUT2D eigenvalue weighted by molar-refractivity contribution is -0.137. The number of halogens is 4. The number of thiocarbonyl (C=S) groups is 1. The molecule has 1 fully saturated rings. The molecule has 190 valence electrons. The van der Waals surface area contributed by atoms with E-state index < -0.39 is 24.3 Å². The summed E-state index contributed by atoms with van der Waals surface area (Å²) in [5.74, 6) is -0.497. The molecular weight excluding hydrogens is 545 g/mol. The number of hydrogen-bond acceptors (Lipinski definition) is 5. The summed E-state index contributed by atoms with van der Waals surface area (Å²) in [7, 11) is 0. The first-order valence-corrected chi connectivity index (χ1v) is 12.4. The molecule has 5 nitrogen and oxygen atoms in total. The molecule has 0 bridgehead atoms. The van der Waals surface area contributed by atoms with E-state index in [1.807, 2.05) is 13.0 Å². The van der Waals surface area contributed by atoms with Gasteiger partial charge in [-0.1, -0.05) is 59.8 Å². The first kappa shape index (κ1) is 26.7. The first-order chi connectivity index (χ1) is 17.5. The fraction of sp³-hybridized carbons (Fsp3) is 0.115. The summed E-state index contributed by atoms with van der Waals surface area (Å²) in [5, 5.41) is 2.92. The van der Waals surface area contributed by atoms with E-state index >= 15 is 0 Å². The molecular formula is C26H18ClF3N2O3S2. The van der Waals surface area contributed by atoms with Gasteiger partial charge < -0.3 is 10.1 Å². The third kappa shape index (κ3) is 6.51. The first-order valence-electron chi connectivity index (χ1n) is 10.8. The van der Waals surface area contributed by atoms with Crippen LogP contribution in [0.25, 0.3) is 6.08 Å². The van der Waals surface area contributed by atoms with Crippen molar-refractivity contribution in [1.29, 1.82) is 0 Å². The van der Waals surface area contributed by atoms with Crippen molar-refractivity contribution in [2.24, 2.45) is 0 Å². The Balaban J connectivity index is 1.36. The Morgan fingerprint density at radius 1 is 1.14 bits per heavy atom. The normalized spacial score (nSPS) is 14.8. The third-order valence-electron chi connectivity index (χ3n) is 5.23. The maximum Gasteiger partial charge on any atom is 0.416 e. The van der Waals surface area contributed by atoms with Crippen LogP contribution in [0.2, 0.25) is 5.02 Å². The van der Waals surface area contributed by atoms with Gasteiger partial charge in [0.15, 0.2) is 10.9 Å². The molecule has 0 radical (unpaired) electrons. The highest BCUT2D eigenvalue weighted by Crippen LogP contribution is 2.37. The Morgan fingerprint density at radius 3 is 2.54 bits per heavy atom. The largest absolute Gasteiger partial charge is 0.484 e. The maximum absolute atomic E-state index is 13.0. The standard InChI is InChI=1S/C26H18ClF3N2O3S2/c1-15-5-8-19(13-21(15)27)32-24(34)22(37-25(32)36)11-16-6-9-20(10-7-16)35-14-23(33)31-18-4-2-3-17(12-18)26(28,29)30/h2-13H,14H2,1H3,(H,31,33)/b22-11-. The van der Waals surface area contributed by atoms with Gasteiger partial charge in [-0.05, 0) is 66.6 Å². The molecule has 4 rings (SSSR count). The summed E-state index contributed by atoms with van der Waals surface area (Å²) >= 11 is 12.8. The van der Waals surface area contributed by atoms with Crippen molar-refractivity contribution in [2.45, 2.75) is 13.1 Å². The van der Waals surface area contributed by atoms with Crippen LogP contribution in [0.15, 0.2) is 71.6 Å². The highest BCUT2D eigenvalue weighted by molar-refractivity contribution is 8.27. The van der Waals surface area contributed by atoms with E-state index in [4.69, 9.17) is 28.6 Å². The van der Waals surface area contributed by atoms with Crippen molar-refractivity contribution in [3.05, 3.63) is 93.3 Å². The SMILES string of the molecule is Cc1ccc(N2C(=O)/C(=C/c3ccc(OCC(=O)Nc4cccc(C(F)(F)F)c4)cc3)SC2=S)cc1Cl. The van der Waals surface area contributed by atoms with Crippen LogP contribution in [-0.2, 0) is 15.8 Å². The Hall–Kier alpha value is -3.34. The van der Waals surface area contributed by atoms with E-state index in [0.29, 0.717) is 31.2 Å². The molecule has 0 saturated carbocycles. The predicted octanol–water partition coefficient (Wildman–Crippen LogP) is 7.09. The van der Waals surface area contributed by atoms with Gasteiger partial charge in [-0.15, -0.1) is 0 Å². The van der Waals surface area contributed by atoms with Gasteiger partial charge in [0.25, 0.3) is 11.8 Å². The Labute approximate surface area is 225 Å². The molecule has 3 aromatic rings. The quantitative estimate of drug-likeness (QED) is 0.257. The summed E-state index contributed by atoms with van der Waals surface area (Å²) in [4.78, 5) is 26.9. The highest BCUT2D eigenvalue weighted by Gasteiger charge is 2.33. The van der Waals surface area contributed by atoms with Crippen LogP contribution in [0.4, 0.5) is 24.5 Å². The number of hydrogen-bond donors (Lipinski definition) is 1. The van der Waals surface area contributed by atoms with Gasteiger partial charge in [-0.25, -0.2) is 0 Å². The molecule has 11 heteroatoms. The number of nitrogens with zero attached hydrogens (tertiary/aromatic N) is 1. The number of amides is 2. The Kier molecular flexibility index (Phi) is 7.91. The van der Waals surface area contributed by atoms with Crippen molar-refractivity contribution in [1.82, 2.24) is 0 Å². The topological polar surface area (TPSA) is 58.6 Å². The number of nitrogens with one attached hydrogen (secondary N) is 1. The van der Waals surface area contributed by atoms with Gasteiger partial charge in [0.1, 0.15) is 5.75 Å². The fourth-order valence-corrected chi connectivity index (χ4v) is 4.82. The molecule has 1 aliphatic rings. The highest BCUT2D eigenvalue weighted by atomic mass is 35.5. The molecule has 0 atom stereocenters. The molecule has 0 aromatic heterocycles. The lowest BCUT2D eigenvalue weighted by atomic mass is 10.2. The van der Waals surface area contributed by atoms with E-state index in [9.17, 15) is 22.8 Å². The second-order valence-corrected chi connectivity index (χ2v) is 10.0. The van der Waals surface area contributed by atoms with Crippen LogP contribution in [0.3, 0.4) is 0 Å². The van der Waals surface area contributed by atoms with Crippen LogP contribution in [0.5, 0.6) is 5.75 Å². The molecule has 0 aliphatic carbocycles. The number of benzene rings is 3. The van der Waals surface area contributed by atoms with Crippen molar-refractivity contribution in [2.75, 3.05) is 16.8 Å². The van der Waals surface area contributed by atoms with Crippen LogP contribution in [-0.4, -0.2) is 22.7 Å². The van der Waals surface area contributed by atoms with Crippen molar-refractivity contribution < 1.29 is 27.5 Å². The van der Waals surface area contributed by atoms with Gasteiger partial charge in [0.05, 0.1) is 16.2 Å². The molecule has 1 N–H and O–H groups in total. The number of aryl methyl sites for hydroxylation is 1. The summed E-state index contributed by atoms with van der Waals surface area (Å²) in [6.45, 7) is 1.47. The minimum absolute atomic E-state index is 0.0176. The number of thioether (sulfide) groups is 1. The molecule has 1 saturated heterocycles. The van der Waals surface area contributed by atoms with Crippen LogP contribution >= 0.6 is 35.6 Å². The molecule has 0 spiro atoms. The second kappa shape index (κ2) is 11.0. The Morgan fingerprint density at radius 2 is 1.86 bits per heavy atom. The van der Waals surface area contributed by atoms with Gasteiger partial charge >= 0.3 is 6.18 Å². The predicted molar refractivity (Wildman–Crippen MR) is 144 cm³/mol. The zero-order chi connectivity index (χ0) is 26.7. The lowest BCUT2D eigenvalue weighted by Crippen LogP contribution is -2.27. The molecule has 1 heterocycles. The Bertz CT molecular complexity index is 1410. The number of ether oxygens (including phenoxy) is 1. The second-order valence-electron chi connectivity index (χ2n) is 7.94. The zero-order valence-electron chi connectivity index (χ0n) is 19.1. The van der Waals surface area contributed by atoms with Crippen molar-refractivity contribution >= 4 is 69.2 Å². The number of carbonyl (C=O) groups excluding carboxylic acids is 2. The smallest absolute Gasteiger partial charge is 0.416 e. The number of rotatable bonds is 6. The molecule has 37 heavy (non-hydrogen) atoms. The van der Waals surface area contributed by atoms with Gasteiger partial charge in [0.2, 0.25) is 0 Å². The maximum atomic E-state index is 13.0. The summed E-state index contributed by atoms with van der Waals surface area (Å²) < 4.78 is 44.3. The zero-order valence-corrected chi connectivity index (χ0v) is 21.5. The van der Waals surface area contributed by atoms with E-state index in [1.54, 1.807) is 42.5 Å². The van der Waals surface area contributed by atoms with E-state index in [-0.39, 0.29) is 11.6 Å². The number of carbonyl (C=O) groups is 2. The van der Waals surface area contributed by atoms with Crippen molar-refractivity contribution in [3.8, 4) is 5.75 Å². The van der Waals surface area contributed by atoms with Gasteiger partial charge in [0, 0.05) is 10.7 Å². The minimum Gasteiger partial charge on any atom is -0.484 e. The monoisotopic (exact) mass is 562 g/mol. The van der Waals surface area contributed by atoms with Crippen molar-refractivity contribution in [3.63, 3.8) is 0 Å². The van der Waals surface area contributed by atoms with E-state index in [2.05, 4.69) is 5.32 Å². The minimum atomic E-state index is -4.51. The number of alkyl halides is 3. The van der Waals surface area contributed by atoms with Gasteiger partial charge in [-0.2, -0.15) is 13.2 Å². The van der Waals surface area contributed by atoms with E-state index in [1.165, 1.54) is 28.8 Å². The van der Waals surface area contributed by atoms with Crippen LogP contribution < -0.4 is 15.0 Å². The third-order valence-corrected chi connectivity index (χ3v) is 6.94. The molecule has 0 unspecified atom stereocenters. The average Bonchev–Trinajstić information content (AvgIpc) is 3.12. The van der Waals surface area contributed by atoms with Crippen LogP contribution in [0.1, 0.15) is 16.7 Å².